The quantitative estimate of drug-likeness (QED) is 0.665. The molecular weight excluding hydrogens is 407 g/mol. The van der Waals surface area contributed by atoms with Gasteiger partial charge >= 0.3 is 6.18 Å². The summed E-state index contributed by atoms with van der Waals surface area (Å²) in [6.07, 6.45) is 2.14. The topological polar surface area (TPSA) is 72.7 Å². The second kappa shape index (κ2) is 7.47. The Bertz CT molecular complexity index is 1120. The lowest BCUT2D eigenvalue weighted by molar-refractivity contribution is -0.141. The van der Waals surface area contributed by atoms with Crippen molar-refractivity contribution >= 4 is 5.91 Å². The second-order valence-corrected chi connectivity index (χ2v) is 8.02. The van der Waals surface area contributed by atoms with Crippen LogP contribution in [-0.4, -0.2) is 25.7 Å². The number of carbonyl (C=O) groups excluding carboxylic acids is 1. The zero-order chi connectivity index (χ0) is 21.6. The third kappa shape index (κ3) is 4.04. The van der Waals surface area contributed by atoms with Crippen molar-refractivity contribution in [1.82, 2.24) is 25.1 Å². The number of rotatable bonds is 4. The Morgan fingerprint density at radius 3 is 2.65 bits per heavy atom. The maximum atomic E-state index is 12.7. The van der Waals surface area contributed by atoms with Gasteiger partial charge in [-0.05, 0) is 56.0 Å². The van der Waals surface area contributed by atoms with Crippen molar-refractivity contribution in [3.63, 3.8) is 0 Å². The van der Waals surface area contributed by atoms with E-state index in [0.717, 1.165) is 60.4 Å². The number of halogens is 3. The normalized spacial score (nSPS) is 18.5. The molecule has 0 aromatic carbocycles. The summed E-state index contributed by atoms with van der Waals surface area (Å²) in [5.41, 5.74) is 2.87. The van der Waals surface area contributed by atoms with Gasteiger partial charge in [-0.25, -0.2) is 0 Å². The largest absolute Gasteiger partial charge is 0.433 e. The van der Waals surface area contributed by atoms with Crippen molar-refractivity contribution in [2.75, 3.05) is 0 Å². The van der Waals surface area contributed by atoms with Crippen molar-refractivity contribution < 1.29 is 18.0 Å². The van der Waals surface area contributed by atoms with Gasteiger partial charge in [0.25, 0.3) is 5.91 Å². The van der Waals surface area contributed by atoms with E-state index in [1.807, 2.05) is 16.8 Å². The molecule has 1 amide bonds. The fourth-order valence-electron chi connectivity index (χ4n) is 3.92. The van der Waals surface area contributed by atoms with Gasteiger partial charge in [0.05, 0.1) is 23.0 Å². The molecule has 9 heteroatoms. The molecule has 4 heterocycles. The number of fused-ring (bicyclic) bond motifs is 1. The van der Waals surface area contributed by atoms with Crippen molar-refractivity contribution in [3.8, 4) is 11.3 Å². The van der Waals surface area contributed by atoms with Crippen LogP contribution in [0.15, 0.2) is 42.7 Å². The molecule has 0 saturated heterocycles. The third-order valence-electron chi connectivity index (χ3n) is 5.72. The van der Waals surface area contributed by atoms with Crippen LogP contribution in [0, 0.1) is 0 Å². The summed E-state index contributed by atoms with van der Waals surface area (Å²) in [6, 6.07) is 7.68. The van der Waals surface area contributed by atoms with Crippen molar-refractivity contribution in [3.05, 3.63) is 65.4 Å². The first-order valence-corrected chi connectivity index (χ1v) is 10.3. The van der Waals surface area contributed by atoms with E-state index in [1.165, 1.54) is 12.8 Å². The molecular formula is C22H20F3N5O. The van der Waals surface area contributed by atoms with Crippen LogP contribution in [0.1, 0.15) is 65.1 Å². The maximum Gasteiger partial charge on any atom is 0.433 e. The first kappa shape index (κ1) is 19.7. The lowest BCUT2D eigenvalue weighted by Crippen LogP contribution is -2.32. The predicted octanol–water partition coefficient (Wildman–Crippen LogP) is 4.50. The van der Waals surface area contributed by atoms with E-state index in [0.29, 0.717) is 5.92 Å². The summed E-state index contributed by atoms with van der Waals surface area (Å²) in [6.45, 7) is 0.754. The Morgan fingerprint density at radius 2 is 1.94 bits per heavy atom. The fraction of sp³-hybridized carbons (Fsp3) is 0.364. The van der Waals surface area contributed by atoms with Gasteiger partial charge in [-0.3, -0.25) is 19.4 Å². The molecule has 5 rings (SSSR count). The van der Waals surface area contributed by atoms with Gasteiger partial charge in [0.2, 0.25) is 0 Å². The number of nitrogens with one attached hydrogen (secondary N) is 1. The molecule has 1 saturated carbocycles. The number of alkyl halides is 3. The van der Waals surface area contributed by atoms with Crippen molar-refractivity contribution in [2.45, 2.75) is 50.4 Å². The molecule has 6 nitrogen and oxygen atoms in total. The third-order valence-corrected chi connectivity index (χ3v) is 5.72. The number of nitrogens with zero attached hydrogens (tertiary/aromatic N) is 4. The van der Waals surface area contributed by atoms with Gasteiger partial charge in [0, 0.05) is 36.1 Å². The highest BCUT2D eigenvalue weighted by Crippen LogP contribution is 2.40. The molecule has 1 N–H and O–H groups in total. The monoisotopic (exact) mass is 427 g/mol. The molecule has 3 aromatic heterocycles. The van der Waals surface area contributed by atoms with Crippen LogP contribution in [-0.2, 0) is 12.7 Å². The lowest BCUT2D eigenvalue weighted by Gasteiger charge is -2.24. The number of aromatic nitrogens is 4. The Kier molecular flexibility index (Phi) is 4.75. The standard InChI is InChI=1S/C22H20F3N5O/c23-22(24,25)20-6-5-15(12-27-20)21(31)28-16-2-1-9-30-19(16)11-18(29-30)14-7-8-26-17(10-14)13-3-4-13/h5-8,10-13,16H,1-4,9H2,(H,28,31). The number of aryl methyl sites for hydroxylation is 1. The summed E-state index contributed by atoms with van der Waals surface area (Å²) in [5, 5.41) is 7.63. The molecule has 1 unspecified atom stereocenters. The molecule has 0 bridgehead atoms. The van der Waals surface area contributed by atoms with E-state index >= 15 is 0 Å². The van der Waals surface area contributed by atoms with Crippen LogP contribution in [0.25, 0.3) is 11.3 Å². The highest BCUT2D eigenvalue weighted by molar-refractivity contribution is 5.94. The van der Waals surface area contributed by atoms with Gasteiger partial charge in [-0.15, -0.1) is 0 Å². The summed E-state index contributed by atoms with van der Waals surface area (Å²) in [7, 11) is 0. The van der Waals surface area contributed by atoms with E-state index in [4.69, 9.17) is 5.10 Å². The zero-order valence-corrected chi connectivity index (χ0v) is 16.6. The van der Waals surface area contributed by atoms with Gasteiger partial charge in [-0.1, -0.05) is 0 Å². The van der Waals surface area contributed by atoms with E-state index in [2.05, 4.69) is 21.4 Å². The van der Waals surface area contributed by atoms with E-state index in [-0.39, 0.29) is 11.6 Å². The minimum absolute atomic E-state index is 0.0908. The smallest absolute Gasteiger partial charge is 0.344 e. The zero-order valence-electron chi connectivity index (χ0n) is 16.6. The SMILES string of the molecule is O=C(NC1CCCn2nc(-c3ccnc(C4CC4)c3)cc21)c1ccc(C(F)(F)F)nc1. The van der Waals surface area contributed by atoms with Crippen LogP contribution >= 0.6 is 0 Å². The number of hydrogen-bond acceptors (Lipinski definition) is 4. The predicted molar refractivity (Wildman–Crippen MR) is 106 cm³/mol. The number of pyridine rings is 2. The van der Waals surface area contributed by atoms with Gasteiger partial charge in [0.15, 0.2) is 0 Å². The molecule has 160 valence electrons. The van der Waals surface area contributed by atoms with Crippen molar-refractivity contribution in [1.29, 1.82) is 0 Å². The van der Waals surface area contributed by atoms with Gasteiger partial charge < -0.3 is 5.32 Å². The Hall–Kier alpha value is -3.23. The summed E-state index contributed by atoms with van der Waals surface area (Å²) < 4.78 is 40.0. The minimum Gasteiger partial charge on any atom is -0.344 e. The van der Waals surface area contributed by atoms with E-state index in [1.54, 1.807) is 6.20 Å². The minimum atomic E-state index is -4.53. The van der Waals surface area contributed by atoms with Crippen LogP contribution in [0.5, 0.6) is 0 Å². The Morgan fingerprint density at radius 1 is 1.10 bits per heavy atom. The van der Waals surface area contributed by atoms with Crippen LogP contribution in [0.4, 0.5) is 13.2 Å². The molecule has 31 heavy (non-hydrogen) atoms. The Balaban J connectivity index is 1.35. The average molecular weight is 427 g/mol. The first-order valence-electron chi connectivity index (χ1n) is 10.3. The van der Waals surface area contributed by atoms with E-state index < -0.39 is 17.8 Å². The number of amides is 1. The lowest BCUT2D eigenvalue weighted by atomic mass is 10.0. The van der Waals surface area contributed by atoms with Gasteiger partial charge in [-0.2, -0.15) is 18.3 Å². The molecule has 1 aliphatic heterocycles. The molecule has 0 spiro atoms. The molecule has 1 fully saturated rings. The number of hydrogen-bond donors (Lipinski definition) is 1. The molecule has 0 radical (unpaired) electrons. The summed E-state index contributed by atoms with van der Waals surface area (Å²) in [4.78, 5) is 20.4. The highest BCUT2D eigenvalue weighted by Gasteiger charge is 2.32. The van der Waals surface area contributed by atoms with E-state index in [9.17, 15) is 18.0 Å². The average Bonchev–Trinajstić information content (AvgIpc) is 3.52. The Labute approximate surface area is 176 Å². The van der Waals surface area contributed by atoms with Crippen molar-refractivity contribution in [2.24, 2.45) is 0 Å². The molecule has 2 aliphatic rings. The first-order chi connectivity index (χ1) is 14.9. The fourth-order valence-corrected chi connectivity index (χ4v) is 3.92. The summed E-state index contributed by atoms with van der Waals surface area (Å²) in [5.74, 6) is 0.0870. The highest BCUT2D eigenvalue weighted by atomic mass is 19.4. The van der Waals surface area contributed by atoms with Crippen LogP contribution in [0.2, 0.25) is 0 Å². The van der Waals surface area contributed by atoms with Crippen LogP contribution < -0.4 is 5.32 Å². The van der Waals surface area contributed by atoms with Crippen LogP contribution in [0.3, 0.4) is 0 Å². The second-order valence-electron chi connectivity index (χ2n) is 8.02. The van der Waals surface area contributed by atoms with Gasteiger partial charge in [0.1, 0.15) is 5.69 Å². The molecule has 3 aromatic rings. The maximum absolute atomic E-state index is 12.7. The molecule has 1 atom stereocenters. The number of carbonyl (C=O) groups is 1. The molecule has 1 aliphatic carbocycles. The summed E-state index contributed by atoms with van der Waals surface area (Å²) >= 11 is 0.